The number of nitrogens with one attached hydrogen (secondary N) is 1. The minimum absolute atomic E-state index is 0.0127. The molecule has 0 radical (unpaired) electrons. The monoisotopic (exact) mass is 445 g/mol. The minimum Gasteiger partial charge on any atom is -0.326 e. The van der Waals surface area contributed by atoms with Gasteiger partial charge in [-0.2, -0.15) is 0 Å². The Morgan fingerprint density at radius 1 is 1.03 bits per heavy atom. The van der Waals surface area contributed by atoms with E-state index < -0.39 is 0 Å². The van der Waals surface area contributed by atoms with Gasteiger partial charge in [0.1, 0.15) is 0 Å². The van der Waals surface area contributed by atoms with Crippen molar-refractivity contribution in [2.45, 2.75) is 60.3 Å². The summed E-state index contributed by atoms with van der Waals surface area (Å²) in [6.45, 7) is 10.7. The Kier molecular flexibility index (Phi) is 9.45. The zero-order valence-electron chi connectivity index (χ0n) is 18.7. The van der Waals surface area contributed by atoms with Crippen LogP contribution in [0.2, 0.25) is 10.0 Å². The van der Waals surface area contributed by atoms with Crippen molar-refractivity contribution in [1.82, 2.24) is 0 Å². The molecule has 0 bridgehead atoms. The Hall–Kier alpha value is -1.77. The molecule has 1 N–H and O–H groups in total. The predicted molar refractivity (Wildman–Crippen MR) is 131 cm³/mol. The van der Waals surface area contributed by atoms with Crippen LogP contribution in [0.5, 0.6) is 0 Å². The maximum absolute atomic E-state index is 13.2. The van der Waals surface area contributed by atoms with Gasteiger partial charge in [-0.25, -0.2) is 0 Å². The third-order valence-corrected chi connectivity index (χ3v) is 6.22. The van der Waals surface area contributed by atoms with Gasteiger partial charge in [-0.05, 0) is 86.1 Å². The molecule has 0 aliphatic carbocycles. The van der Waals surface area contributed by atoms with Crippen LogP contribution in [-0.2, 0) is 4.79 Å². The van der Waals surface area contributed by atoms with Gasteiger partial charge < -0.3 is 5.32 Å². The topological polar surface area (TPSA) is 29.1 Å². The van der Waals surface area contributed by atoms with E-state index >= 15 is 0 Å². The number of amides is 1. The maximum atomic E-state index is 13.2. The summed E-state index contributed by atoms with van der Waals surface area (Å²) in [7, 11) is 0. The first kappa shape index (κ1) is 24.5. The highest BCUT2D eigenvalue weighted by molar-refractivity contribution is 6.31. The van der Waals surface area contributed by atoms with Crippen LogP contribution >= 0.6 is 23.2 Å². The van der Waals surface area contributed by atoms with E-state index in [9.17, 15) is 4.79 Å². The van der Waals surface area contributed by atoms with Gasteiger partial charge in [-0.1, -0.05) is 68.1 Å². The lowest BCUT2D eigenvalue weighted by molar-refractivity contribution is -0.118. The number of rotatable bonds is 9. The van der Waals surface area contributed by atoms with Crippen molar-refractivity contribution < 1.29 is 4.79 Å². The Morgan fingerprint density at radius 3 is 2.37 bits per heavy atom. The van der Waals surface area contributed by atoms with Crippen LogP contribution in [0.3, 0.4) is 0 Å². The number of unbranched alkanes of at least 4 members (excludes halogenated alkanes) is 1. The Labute approximate surface area is 191 Å². The van der Waals surface area contributed by atoms with Gasteiger partial charge in [0.2, 0.25) is 5.91 Å². The van der Waals surface area contributed by atoms with E-state index in [1.165, 1.54) is 16.7 Å². The molecule has 1 unspecified atom stereocenters. The number of halogens is 2. The van der Waals surface area contributed by atoms with E-state index in [1.807, 2.05) is 31.2 Å². The second-order valence-electron chi connectivity index (χ2n) is 8.03. The van der Waals surface area contributed by atoms with E-state index in [2.05, 4.69) is 39.1 Å². The smallest absolute Gasteiger partial charge is 0.231 e. The molecule has 0 fully saturated rings. The van der Waals surface area contributed by atoms with Crippen molar-refractivity contribution in [2.24, 2.45) is 11.8 Å². The molecule has 30 heavy (non-hydrogen) atoms. The molecule has 162 valence electrons. The third-order valence-electron chi connectivity index (χ3n) is 5.75. The van der Waals surface area contributed by atoms with Gasteiger partial charge in [0.25, 0.3) is 0 Å². The summed E-state index contributed by atoms with van der Waals surface area (Å²) in [5.74, 6) is 0.0146. The predicted octanol–water partition coefficient (Wildman–Crippen LogP) is 8.57. The van der Waals surface area contributed by atoms with Crippen LogP contribution in [0.25, 0.3) is 5.57 Å². The quantitative estimate of drug-likeness (QED) is 0.411. The van der Waals surface area contributed by atoms with Crippen molar-refractivity contribution in [3.05, 3.63) is 69.2 Å². The van der Waals surface area contributed by atoms with Gasteiger partial charge >= 0.3 is 0 Å². The fourth-order valence-corrected chi connectivity index (χ4v) is 4.23. The van der Waals surface area contributed by atoms with E-state index in [-0.39, 0.29) is 17.7 Å². The first-order valence-electron chi connectivity index (χ1n) is 10.8. The second-order valence-corrected chi connectivity index (χ2v) is 8.90. The van der Waals surface area contributed by atoms with Crippen molar-refractivity contribution in [3.8, 4) is 0 Å². The fraction of sp³-hybridized carbons (Fsp3) is 0.423. The Balaban J connectivity index is 2.54. The summed E-state index contributed by atoms with van der Waals surface area (Å²) >= 11 is 12.5. The van der Waals surface area contributed by atoms with Gasteiger partial charge in [0.05, 0.1) is 5.92 Å². The van der Waals surface area contributed by atoms with Crippen LogP contribution in [0.15, 0.2) is 48.0 Å². The number of carbonyl (C=O) groups excluding carboxylic acids is 1. The standard InChI is InChI=1S/C26H33Cl2NO/c1-6-8-12-23(24-16-21(28)14-13-18(24)4)25(17(3)7-2)19(5)26(30)29-22-11-9-10-20(27)15-22/h9-11,13-17,19H,6-8,12H2,1-5H3,(H,29,30)/b25-23+/t17-,19?/m0/s1. The lowest BCUT2D eigenvalue weighted by Crippen LogP contribution is -2.25. The second kappa shape index (κ2) is 11.6. The highest BCUT2D eigenvalue weighted by Crippen LogP contribution is 2.37. The summed E-state index contributed by atoms with van der Waals surface area (Å²) in [6, 6.07) is 13.3. The van der Waals surface area contributed by atoms with Crippen LogP contribution in [0, 0.1) is 18.8 Å². The number of benzene rings is 2. The summed E-state index contributed by atoms with van der Waals surface area (Å²) in [6.07, 6.45) is 4.08. The maximum Gasteiger partial charge on any atom is 0.231 e. The van der Waals surface area contributed by atoms with Crippen molar-refractivity contribution in [3.63, 3.8) is 0 Å². The van der Waals surface area contributed by atoms with Crippen LogP contribution in [0.1, 0.15) is 64.5 Å². The molecular formula is C26H33Cl2NO. The molecule has 0 saturated heterocycles. The Bertz CT molecular complexity index is 904. The van der Waals surface area contributed by atoms with Gasteiger partial charge in [0, 0.05) is 15.7 Å². The highest BCUT2D eigenvalue weighted by atomic mass is 35.5. The highest BCUT2D eigenvalue weighted by Gasteiger charge is 2.26. The van der Waals surface area contributed by atoms with E-state index in [4.69, 9.17) is 23.2 Å². The average molecular weight is 446 g/mol. The molecule has 2 atom stereocenters. The molecule has 0 spiro atoms. The number of hydrogen-bond donors (Lipinski definition) is 1. The summed E-state index contributed by atoms with van der Waals surface area (Å²) in [5.41, 5.74) is 5.54. The van der Waals surface area contributed by atoms with Crippen LogP contribution in [0.4, 0.5) is 5.69 Å². The molecule has 4 heteroatoms. The average Bonchev–Trinajstić information content (AvgIpc) is 2.72. The van der Waals surface area contributed by atoms with Gasteiger partial charge in [-0.15, -0.1) is 0 Å². The van der Waals surface area contributed by atoms with Crippen molar-refractivity contribution in [2.75, 3.05) is 5.32 Å². The minimum atomic E-state index is -0.260. The number of hydrogen-bond acceptors (Lipinski definition) is 1. The zero-order chi connectivity index (χ0) is 22.3. The summed E-state index contributed by atoms with van der Waals surface area (Å²) in [4.78, 5) is 13.2. The summed E-state index contributed by atoms with van der Waals surface area (Å²) in [5, 5.41) is 4.38. The number of carbonyl (C=O) groups is 1. The molecule has 2 aromatic carbocycles. The number of aryl methyl sites for hydroxylation is 1. The van der Waals surface area contributed by atoms with Crippen molar-refractivity contribution in [1.29, 1.82) is 0 Å². The van der Waals surface area contributed by atoms with Gasteiger partial charge in [0.15, 0.2) is 0 Å². The summed E-state index contributed by atoms with van der Waals surface area (Å²) < 4.78 is 0. The van der Waals surface area contributed by atoms with Crippen LogP contribution in [-0.4, -0.2) is 5.91 Å². The molecule has 2 rings (SSSR count). The lowest BCUT2D eigenvalue weighted by Gasteiger charge is -2.27. The molecule has 1 amide bonds. The number of anilines is 1. The molecule has 0 aliphatic rings. The molecular weight excluding hydrogens is 413 g/mol. The zero-order valence-corrected chi connectivity index (χ0v) is 20.2. The SMILES string of the molecule is CCCC/C(=C(\C(C)C(=O)Nc1cccc(Cl)c1)[C@@H](C)CC)c1cc(Cl)ccc1C. The van der Waals surface area contributed by atoms with Gasteiger partial charge in [-0.3, -0.25) is 4.79 Å². The first-order chi connectivity index (χ1) is 14.3. The Morgan fingerprint density at radius 2 is 1.73 bits per heavy atom. The first-order valence-corrected chi connectivity index (χ1v) is 11.6. The van der Waals surface area contributed by atoms with Crippen LogP contribution < -0.4 is 5.32 Å². The van der Waals surface area contributed by atoms with E-state index in [0.717, 1.165) is 42.0 Å². The largest absolute Gasteiger partial charge is 0.326 e. The molecule has 2 aromatic rings. The molecule has 0 heterocycles. The normalized spacial score (nSPS) is 14.1. The molecule has 0 aliphatic heterocycles. The van der Waals surface area contributed by atoms with Crippen molar-refractivity contribution >= 4 is 40.4 Å². The number of allylic oxidation sites excluding steroid dienone is 1. The lowest BCUT2D eigenvalue weighted by atomic mass is 9.79. The molecule has 2 nitrogen and oxygen atoms in total. The van der Waals surface area contributed by atoms with E-state index in [1.54, 1.807) is 12.1 Å². The fourth-order valence-electron chi connectivity index (χ4n) is 3.87. The third kappa shape index (κ3) is 6.36. The molecule has 0 aromatic heterocycles. The van der Waals surface area contributed by atoms with E-state index in [0.29, 0.717) is 5.02 Å². The molecule has 0 saturated carbocycles.